The number of carbonyl (C=O) groups excluding carboxylic acids is 1. The molecule has 29 heavy (non-hydrogen) atoms. The molecule has 1 heterocycles. The van der Waals surface area contributed by atoms with Crippen molar-refractivity contribution in [1.82, 2.24) is 10.3 Å². The molecule has 2 aromatic carbocycles. The normalized spacial score (nSPS) is 13.3. The van der Waals surface area contributed by atoms with Crippen LogP contribution in [0.3, 0.4) is 0 Å². The van der Waals surface area contributed by atoms with Crippen molar-refractivity contribution in [3.8, 4) is 11.1 Å². The SMILES string of the molecule is Cc1ccncc1C(NC(=O)OCC1c2ccccc2-c2ccccc21)C(=O)O. The highest BCUT2D eigenvalue weighted by atomic mass is 16.5. The van der Waals surface area contributed by atoms with Gasteiger partial charge in [0.2, 0.25) is 0 Å². The molecule has 2 N–H and O–H groups in total. The quantitative estimate of drug-likeness (QED) is 0.688. The van der Waals surface area contributed by atoms with Crippen LogP contribution in [0.25, 0.3) is 11.1 Å². The van der Waals surface area contributed by atoms with Crippen LogP contribution in [0.15, 0.2) is 67.0 Å². The van der Waals surface area contributed by atoms with Crippen molar-refractivity contribution < 1.29 is 19.4 Å². The fourth-order valence-electron chi connectivity index (χ4n) is 3.81. The molecule has 0 aliphatic heterocycles. The molecule has 0 spiro atoms. The Kier molecular flexibility index (Phi) is 4.99. The summed E-state index contributed by atoms with van der Waals surface area (Å²) in [7, 11) is 0. The van der Waals surface area contributed by atoms with E-state index in [0.717, 1.165) is 27.8 Å². The van der Waals surface area contributed by atoms with Gasteiger partial charge in [-0.25, -0.2) is 9.59 Å². The number of alkyl carbamates (subject to hydrolysis) is 1. The number of rotatable bonds is 5. The van der Waals surface area contributed by atoms with E-state index in [9.17, 15) is 14.7 Å². The average Bonchev–Trinajstić information content (AvgIpc) is 3.05. The van der Waals surface area contributed by atoms with E-state index in [4.69, 9.17) is 4.74 Å². The predicted molar refractivity (Wildman–Crippen MR) is 108 cm³/mol. The number of benzene rings is 2. The highest BCUT2D eigenvalue weighted by Crippen LogP contribution is 2.44. The van der Waals surface area contributed by atoms with Crippen molar-refractivity contribution in [3.05, 3.63) is 89.2 Å². The Morgan fingerprint density at radius 1 is 1.07 bits per heavy atom. The molecule has 1 aliphatic carbocycles. The third kappa shape index (κ3) is 3.57. The summed E-state index contributed by atoms with van der Waals surface area (Å²) >= 11 is 0. The Balaban J connectivity index is 1.50. The lowest BCUT2D eigenvalue weighted by molar-refractivity contribution is -0.139. The second kappa shape index (κ2) is 7.75. The van der Waals surface area contributed by atoms with Crippen LogP contribution in [0.5, 0.6) is 0 Å². The standard InChI is InChI=1S/C23H20N2O4/c1-14-10-11-24-12-19(14)21(22(26)27)25-23(28)29-13-20-17-8-4-2-6-15(17)16-7-3-5-9-18(16)20/h2-12,20-21H,13H2,1H3,(H,25,28)(H,26,27). The van der Waals surface area contributed by atoms with E-state index in [1.807, 2.05) is 36.4 Å². The molecule has 6 nitrogen and oxygen atoms in total. The van der Waals surface area contributed by atoms with E-state index in [-0.39, 0.29) is 12.5 Å². The van der Waals surface area contributed by atoms with Gasteiger partial charge in [0, 0.05) is 23.9 Å². The van der Waals surface area contributed by atoms with Crippen LogP contribution in [0.2, 0.25) is 0 Å². The first kappa shape index (κ1) is 18.7. The lowest BCUT2D eigenvalue weighted by Gasteiger charge is -2.18. The number of fused-ring (bicyclic) bond motifs is 3. The van der Waals surface area contributed by atoms with E-state index >= 15 is 0 Å². The van der Waals surface area contributed by atoms with Crippen LogP contribution >= 0.6 is 0 Å². The number of nitrogens with one attached hydrogen (secondary N) is 1. The van der Waals surface area contributed by atoms with E-state index in [1.165, 1.54) is 6.20 Å². The number of carboxylic acids is 1. The number of ether oxygens (including phenoxy) is 1. The molecule has 3 aromatic rings. The summed E-state index contributed by atoms with van der Waals surface area (Å²) in [4.78, 5) is 28.0. The van der Waals surface area contributed by atoms with Crippen LogP contribution in [-0.2, 0) is 9.53 Å². The highest BCUT2D eigenvalue weighted by molar-refractivity contribution is 5.82. The number of hydrogen-bond donors (Lipinski definition) is 2. The van der Waals surface area contributed by atoms with Gasteiger partial charge in [-0.3, -0.25) is 4.98 Å². The summed E-state index contributed by atoms with van der Waals surface area (Å²) in [6, 6.07) is 16.5. The van der Waals surface area contributed by atoms with Crippen molar-refractivity contribution in [3.63, 3.8) is 0 Å². The van der Waals surface area contributed by atoms with Crippen LogP contribution in [-0.4, -0.2) is 28.8 Å². The summed E-state index contributed by atoms with van der Waals surface area (Å²) in [6.45, 7) is 1.89. The molecule has 1 amide bonds. The molecule has 0 radical (unpaired) electrons. The number of pyridine rings is 1. The van der Waals surface area contributed by atoms with Gasteiger partial charge in [0.15, 0.2) is 6.04 Å². The molecule has 0 saturated carbocycles. The fraction of sp³-hybridized carbons (Fsp3) is 0.174. The van der Waals surface area contributed by atoms with Gasteiger partial charge < -0.3 is 15.2 Å². The number of carboxylic acid groups (broad SMARTS) is 1. The minimum Gasteiger partial charge on any atom is -0.479 e. The number of amides is 1. The van der Waals surface area contributed by atoms with Gasteiger partial charge in [0.1, 0.15) is 6.61 Å². The maximum Gasteiger partial charge on any atom is 0.408 e. The first-order chi connectivity index (χ1) is 14.1. The summed E-state index contributed by atoms with van der Waals surface area (Å²) in [5, 5.41) is 12.0. The number of aliphatic carboxylic acids is 1. The third-order valence-corrected chi connectivity index (χ3v) is 5.24. The topological polar surface area (TPSA) is 88.5 Å². The van der Waals surface area contributed by atoms with Crippen LogP contribution < -0.4 is 5.32 Å². The van der Waals surface area contributed by atoms with Gasteiger partial charge >= 0.3 is 12.1 Å². The number of hydrogen-bond acceptors (Lipinski definition) is 4. The Hall–Kier alpha value is -3.67. The number of aromatic nitrogens is 1. The monoisotopic (exact) mass is 388 g/mol. The summed E-state index contributed by atoms with van der Waals surface area (Å²) < 4.78 is 5.45. The first-order valence-corrected chi connectivity index (χ1v) is 9.31. The van der Waals surface area contributed by atoms with E-state index in [0.29, 0.717) is 5.56 Å². The first-order valence-electron chi connectivity index (χ1n) is 9.31. The van der Waals surface area contributed by atoms with E-state index in [1.54, 1.807) is 19.2 Å². The number of aryl methyl sites for hydroxylation is 1. The predicted octanol–water partition coefficient (Wildman–Crippen LogP) is 4.05. The van der Waals surface area contributed by atoms with E-state index < -0.39 is 18.1 Å². The second-order valence-corrected chi connectivity index (χ2v) is 6.97. The van der Waals surface area contributed by atoms with Gasteiger partial charge in [0.05, 0.1) is 0 Å². The Morgan fingerprint density at radius 3 is 2.28 bits per heavy atom. The van der Waals surface area contributed by atoms with Crippen LogP contribution in [0, 0.1) is 6.92 Å². The summed E-state index contributed by atoms with van der Waals surface area (Å²) in [5.74, 6) is -1.26. The lowest BCUT2D eigenvalue weighted by atomic mass is 9.98. The molecule has 1 aromatic heterocycles. The second-order valence-electron chi connectivity index (χ2n) is 6.97. The fourth-order valence-corrected chi connectivity index (χ4v) is 3.81. The summed E-state index contributed by atoms with van der Waals surface area (Å²) in [6.07, 6.45) is 2.24. The van der Waals surface area contributed by atoms with Crippen molar-refractivity contribution in [1.29, 1.82) is 0 Å². The number of carbonyl (C=O) groups is 2. The van der Waals surface area contributed by atoms with Gasteiger partial charge in [-0.1, -0.05) is 48.5 Å². The van der Waals surface area contributed by atoms with Gasteiger partial charge in [-0.15, -0.1) is 0 Å². The molecule has 0 bridgehead atoms. The largest absolute Gasteiger partial charge is 0.479 e. The van der Waals surface area contributed by atoms with Crippen molar-refractivity contribution in [2.45, 2.75) is 18.9 Å². The smallest absolute Gasteiger partial charge is 0.408 e. The molecule has 146 valence electrons. The molecular weight excluding hydrogens is 368 g/mol. The van der Waals surface area contributed by atoms with Gasteiger partial charge in [-0.05, 0) is 40.8 Å². The minimum atomic E-state index is -1.22. The molecular formula is C23H20N2O4. The Morgan fingerprint density at radius 2 is 1.69 bits per heavy atom. The summed E-state index contributed by atoms with van der Waals surface area (Å²) in [5.41, 5.74) is 5.61. The van der Waals surface area contributed by atoms with Crippen LogP contribution in [0.1, 0.15) is 34.2 Å². The minimum absolute atomic E-state index is 0.0865. The maximum atomic E-state index is 12.4. The Bertz CT molecular complexity index is 1030. The van der Waals surface area contributed by atoms with E-state index in [2.05, 4.69) is 22.4 Å². The van der Waals surface area contributed by atoms with Crippen LogP contribution in [0.4, 0.5) is 4.79 Å². The van der Waals surface area contributed by atoms with Gasteiger partial charge in [0.25, 0.3) is 0 Å². The molecule has 1 aliphatic rings. The van der Waals surface area contributed by atoms with Crippen molar-refractivity contribution >= 4 is 12.1 Å². The highest BCUT2D eigenvalue weighted by Gasteiger charge is 2.30. The average molecular weight is 388 g/mol. The van der Waals surface area contributed by atoms with Crippen molar-refractivity contribution in [2.75, 3.05) is 6.61 Å². The molecule has 0 saturated heterocycles. The lowest BCUT2D eigenvalue weighted by Crippen LogP contribution is -2.35. The Labute approximate surface area is 168 Å². The maximum absolute atomic E-state index is 12.4. The zero-order valence-corrected chi connectivity index (χ0v) is 15.8. The zero-order chi connectivity index (χ0) is 20.4. The van der Waals surface area contributed by atoms with Gasteiger partial charge in [-0.2, -0.15) is 0 Å². The molecule has 1 unspecified atom stereocenters. The van der Waals surface area contributed by atoms with Crippen molar-refractivity contribution in [2.24, 2.45) is 0 Å². The molecule has 6 heteroatoms. The zero-order valence-electron chi connectivity index (χ0n) is 15.8. The molecule has 1 atom stereocenters. The molecule has 4 rings (SSSR count). The number of nitrogens with zero attached hydrogens (tertiary/aromatic N) is 1. The third-order valence-electron chi connectivity index (χ3n) is 5.24. The molecule has 0 fully saturated rings.